The average Bonchev–Trinajstić information content (AvgIpc) is 2.20. The molecule has 0 saturated heterocycles. The van der Waals surface area contributed by atoms with Gasteiger partial charge in [0, 0.05) is 13.0 Å². The molecule has 0 unspecified atom stereocenters. The Morgan fingerprint density at radius 2 is 1.36 bits per heavy atom. The van der Waals surface area contributed by atoms with Crippen molar-refractivity contribution in [2.45, 2.75) is 13.8 Å². The first kappa shape index (κ1) is 22.6. The Morgan fingerprint density at radius 3 is 1.36 bits per heavy atom. The van der Waals surface area contributed by atoms with Crippen LogP contribution in [0.5, 0.6) is 0 Å². The van der Waals surface area contributed by atoms with Crippen LogP contribution in [0, 0.1) is 22.7 Å². The Kier molecular flexibility index (Phi) is 114. The molecule has 0 radical (unpaired) electrons. The van der Waals surface area contributed by atoms with E-state index in [9.17, 15) is 0 Å². The largest absolute Gasteiger partial charge is 0.299 e. The maximum absolute atomic E-state index is 9.06. The summed E-state index contributed by atoms with van der Waals surface area (Å²) >= 11 is 0. The standard InChI is InChI=1S/C3H3N.C3H4O.C3H6.C2H3N/c2*1-2-3-4;1-3-2;1-2-3/h2H,1H2;2-3H,1H2;3H,1H2,2H3;1H3. The number of hydrogen-bond donors (Lipinski definition) is 0. The number of carbonyl (C=O) groups excluding carboxylic acids is 1. The molecular weight excluding hydrogens is 176 g/mol. The maximum atomic E-state index is 9.06. The third-order valence-electron chi connectivity index (χ3n) is 0.188. The van der Waals surface area contributed by atoms with E-state index in [1.807, 2.05) is 6.92 Å². The number of hydrogen-bond acceptors (Lipinski definition) is 3. The first-order chi connectivity index (χ1) is 6.66. The predicted molar refractivity (Wildman–Crippen MR) is 59.2 cm³/mol. The van der Waals surface area contributed by atoms with Gasteiger partial charge in [0.15, 0.2) is 0 Å². The lowest BCUT2D eigenvalue weighted by Crippen LogP contribution is -1.44. The molecule has 14 heavy (non-hydrogen) atoms. The van der Waals surface area contributed by atoms with Gasteiger partial charge in [0.25, 0.3) is 0 Å². The third kappa shape index (κ3) is 45900. The quantitative estimate of drug-likeness (QED) is 0.278. The number of allylic oxidation sites excluding steroid dienone is 3. The zero-order chi connectivity index (χ0) is 12.2. The Bertz CT molecular complexity index is 200. The van der Waals surface area contributed by atoms with Crippen molar-refractivity contribution < 1.29 is 4.79 Å². The van der Waals surface area contributed by atoms with Crippen LogP contribution < -0.4 is 0 Å². The van der Waals surface area contributed by atoms with Crippen molar-refractivity contribution in [3.05, 3.63) is 38.0 Å². The molecule has 0 heterocycles. The summed E-state index contributed by atoms with van der Waals surface area (Å²) in [4.78, 5) is 9.06. The predicted octanol–water partition coefficient (Wildman–Crippen LogP) is 2.79. The molecule has 3 nitrogen and oxygen atoms in total. The highest BCUT2D eigenvalue weighted by Gasteiger charge is 1.38. The van der Waals surface area contributed by atoms with Crippen molar-refractivity contribution in [1.29, 1.82) is 10.5 Å². The minimum Gasteiger partial charge on any atom is -0.299 e. The second-order valence-corrected chi connectivity index (χ2v) is 1.34. The summed E-state index contributed by atoms with van der Waals surface area (Å²) in [5.74, 6) is 0. The van der Waals surface area contributed by atoms with Gasteiger partial charge in [0.2, 0.25) is 0 Å². The first-order valence-electron chi connectivity index (χ1n) is 3.61. The first-order valence-corrected chi connectivity index (χ1v) is 3.61. The van der Waals surface area contributed by atoms with Crippen LogP contribution in [0.2, 0.25) is 0 Å². The molecule has 0 bridgehead atoms. The zero-order valence-corrected chi connectivity index (χ0v) is 8.73. The lowest BCUT2D eigenvalue weighted by molar-refractivity contribution is -0.104. The Morgan fingerprint density at radius 1 is 1.21 bits per heavy atom. The molecule has 0 fully saturated rings. The molecule has 0 spiro atoms. The third-order valence-corrected chi connectivity index (χ3v) is 0.188. The second kappa shape index (κ2) is 70.7. The van der Waals surface area contributed by atoms with Gasteiger partial charge >= 0.3 is 0 Å². The Balaban J connectivity index is -0.0000000482. The minimum absolute atomic E-state index is 0.639. The molecule has 0 N–H and O–H groups in total. The van der Waals surface area contributed by atoms with Gasteiger partial charge in [-0.3, -0.25) is 4.79 Å². The van der Waals surface area contributed by atoms with Gasteiger partial charge < -0.3 is 0 Å². The van der Waals surface area contributed by atoms with Crippen LogP contribution in [0.4, 0.5) is 0 Å². The van der Waals surface area contributed by atoms with Crippen LogP contribution in [0.3, 0.4) is 0 Å². The summed E-state index contributed by atoms with van der Waals surface area (Å²) in [7, 11) is 0. The summed E-state index contributed by atoms with van der Waals surface area (Å²) in [6.07, 6.45) is 4.76. The topological polar surface area (TPSA) is 64.7 Å². The van der Waals surface area contributed by atoms with Gasteiger partial charge in [-0.1, -0.05) is 19.2 Å². The maximum Gasteiger partial charge on any atom is 0.142 e. The van der Waals surface area contributed by atoms with Crippen LogP contribution in [0.25, 0.3) is 0 Å². The molecule has 76 valence electrons. The van der Waals surface area contributed by atoms with E-state index in [4.69, 9.17) is 15.3 Å². The van der Waals surface area contributed by atoms with Crippen molar-refractivity contribution in [2.75, 3.05) is 0 Å². The van der Waals surface area contributed by atoms with E-state index in [-0.39, 0.29) is 0 Å². The fourth-order valence-electron chi connectivity index (χ4n) is 0. The molecule has 0 aromatic carbocycles. The zero-order valence-electron chi connectivity index (χ0n) is 8.73. The van der Waals surface area contributed by atoms with E-state index in [0.29, 0.717) is 6.29 Å². The van der Waals surface area contributed by atoms with Crippen molar-refractivity contribution in [3.63, 3.8) is 0 Å². The smallest absolute Gasteiger partial charge is 0.142 e. The minimum atomic E-state index is 0.639. The van der Waals surface area contributed by atoms with E-state index in [0.717, 1.165) is 0 Å². The van der Waals surface area contributed by atoms with Crippen LogP contribution >= 0.6 is 0 Å². The molecule has 0 aliphatic heterocycles. The summed E-state index contributed by atoms with van der Waals surface area (Å²) < 4.78 is 0. The molecule has 0 atom stereocenters. The van der Waals surface area contributed by atoms with Crippen molar-refractivity contribution in [3.8, 4) is 12.1 Å². The van der Waals surface area contributed by atoms with Crippen LogP contribution in [-0.2, 0) is 4.79 Å². The van der Waals surface area contributed by atoms with E-state index in [1.165, 1.54) is 19.1 Å². The summed E-state index contributed by atoms with van der Waals surface area (Å²) in [5, 5.41) is 14.8. The highest BCUT2D eigenvalue weighted by Crippen LogP contribution is 1.41. The van der Waals surface area contributed by atoms with Crippen LogP contribution in [0.1, 0.15) is 13.8 Å². The van der Waals surface area contributed by atoms with E-state index < -0.39 is 0 Å². The van der Waals surface area contributed by atoms with Crippen molar-refractivity contribution in [2.24, 2.45) is 0 Å². The summed E-state index contributed by atoms with van der Waals surface area (Å²) in [6, 6.07) is 3.44. The summed E-state index contributed by atoms with van der Waals surface area (Å²) in [6.45, 7) is 12.9. The Hall–Kier alpha value is -2.13. The van der Waals surface area contributed by atoms with E-state index in [1.54, 1.807) is 18.2 Å². The number of aldehydes is 1. The van der Waals surface area contributed by atoms with Gasteiger partial charge in [-0.15, -0.1) is 6.58 Å². The molecule has 0 aliphatic rings. The molecule has 0 amide bonds. The molecular formula is C11H16N2O. The number of rotatable bonds is 1. The highest BCUT2D eigenvalue weighted by atomic mass is 16.1. The fraction of sp³-hybridized carbons (Fsp3) is 0.182. The van der Waals surface area contributed by atoms with Gasteiger partial charge in [0.05, 0.1) is 12.1 Å². The number of carbonyl (C=O) groups is 1. The van der Waals surface area contributed by atoms with Crippen molar-refractivity contribution >= 4 is 6.29 Å². The van der Waals surface area contributed by atoms with Gasteiger partial charge in [-0.05, 0) is 13.0 Å². The molecule has 0 aromatic rings. The monoisotopic (exact) mass is 192 g/mol. The molecule has 0 saturated carbocycles. The number of nitriles is 2. The molecule has 0 rings (SSSR count). The van der Waals surface area contributed by atoms with Gasteiger partial charge in [-0.2, -0.15) is 10.5 Å². The fourth-order valence-corrected chi connectivity index (χ4v) is 0. The number of nitrogens with zero attached hydrogens (tertiary/aromatic N) is 2. The van der Waals surface area contributed by atoms with Crippen LogP contribution in [0.15, 0.2) is 38.0 Å². The average molecular weight is 192 g/mol. The molecule has 0 aromatic heterocycles. The summed E-state index contributed by atoms with van der Waals surface area (Å²) in [5.41, 5.74) is 0. The highest BCUT2D eigenvalue weighted by molar-refractivity contribution is 5.63. The SMILES string of the molecule is C=CC.C=CC#N.C=CC=O.CC#N. The lowest BCUT2D eigenvalue weighted by Gasteiger charge is -1.37. The molecule has 0 aliphatic carbocycles. The second-order valence-electron chi connectivity index (χ2n) is 1.34. The lowest BCUT2D eigenvalue weighted by atomic mass is 10.8. The van der Waals surface area contributed by atoms with E-state index >= 15 is 0 Å². The van der Waals surface area contributed by atoms with Crippen molar-refractivity contribution in [1.82, 2.24) is 0 Å². The Labute approximate surface area is 86.3 Å². The normalized spacial score (nSPS) is 4.00. The van der Waals surface area contributed by atoms with E-state index in [2.05, 4.69) is 19.7 Å². The van der Waals surface area contributed by atoms with Gasteiger partial charge in [-0.25, -0.2) is 0 Å². The van der Waals surface area contributed by atoms with Crippen LogP contribution in [-0.4, -0.2) is 6.29 Å². The molecule has 3 heteroatoms. The van der Waals surface area contributed by atoms with Gasteiger partial charge in [0.1, 0.15) is 6.29 Å².